The summed E-state index contributed by atoms with van der Waals surface area (Å²) in [5.41, 5.74) is -0.567. The lowest BCUT2D eigenvalue weighted by Gasteiger charge is -2.11. The Kier molecular flexibility index (Phi) is 5.22. The van der Waals surface area contributed by atoms with Crippen LogP contribution in [-0.4, -0.2) is 20.6 Å². The molecule has 0 aliphatic carbocycles. The first-order valence-corrected chi connectivity index (χ1v) is 8.97. The summed E-state index contributed by atoms with van der Waals surface area (Å²) in [5, 5.41) is 7.65. The standard InChI is InChI=1S/C13H12BrClFN3O2S/c1-2-3-4-13(18-19-13)5-6-17-22(20,21)12-7-9(14)11(16)8-10(12)15/h1,7-8,17H,3-6H2. The Morgan fingerprint density at radius 1 is 1.41 bits per heavy atom. The van der Waals surface area contributed by atoms with Gasteiger partial charge in [-0.1, -0.05) is 11.6 Å². The van der Waals surface area contributed by atoms with Gasteiger partial charge in [-0.15, -0.1) is 12.3 Å². The maximum atomic E-state index is 13.3. The molecule has 0 atom stereocenters. The topological polar surface area (TPSA) is 70.9 Å². The van der Waals surface area contributed by atoms with Crippen molar-refractivity contribution in [2.45, 2.75) is 29.8 Å². The summed E-state index contributed by atoms with van der Waals surface area (Å²) in [6, 6.07) is 2.07. The summed E-state index contributed by atoms with van der Waals surface area (Å²) < 4.78 is 40.1. The Balaban J connectivity index is 2.01. The van der Waals surface area contributed by atoms with E-state index in [-0.39, 0.29) is 20.9 Å². The molecule has 0 amide bonds. The van der Waals surface area contributed by atoms with E-state index in [9.17, 15) is 12.8 Å². The van der Waals surface area contributed by atoms with E-state index in [1.165, 1.54) is 0 Å². The van der Waals surface area contributed by atoms with Gasteiger partial charge in [0.15, 0.2) is 5.66 Å². The minimum absolute atomic E-state index is 0.0231. The predicted molar refractivity (Wildman–Crippen MR) is 84.6 cm³/mol. The lowest BCUT2D eigenvalue weighted by Crippen LogP contribution is -2.28. The molecule has 1 aliphatic heterocycles. The quantitative estimate of drug-likeness (QED) is 0.554. The fraction of sp³-hybridized carbons (Fsp3) is 0.385. The summed E-state index contributed by atoms with van der Waals surface area (Å²) in [7, 11) is -3.85. The van der Waals surface area contributed by atoms with E-state index >= 15 is 0 Å². The minimum Gasteiger partial charge on any atom is -0.211 e. The maximum Gasteiger partial charge on any atom is 0.242 e. The van der Waals surface area contributed by atoms with Crippen LogP contribution in [0.1, 0.15) is 19.3 Å². The van der Waals surface area contributed by atoms with Gasteiger partial charge in [-0.05, 0) is 28.1 Å². The summed E-state index contributed by atoms with van der Waals surface area (Å²) >= 11 is 8.73. The van der Waals surface area contributed by atoms with Gasteiger partial charge in [0.25, 0.3) is 0 Å². The second kappa shape index (κ2) is 6.62. The van der Waals surface area contributed by atoms with E-state index < -0.39 is 21.5 Å². The van der Waals surface area contributed by atoms with E-state index in [1.807, 2.05) is 0 Å². The van der Waals surface area contributed by atoms with Crippen molar-refractivity contribution in [1.82, 2.24) is 4.72 Å². The zero-order chi connectivity index (χ0) is 16.4. The van der Waals surface area contributed by atoms with E-state index in [0.29, 0.717) is 19.3 Å². The molecule has 0 radical (unpaired) electrons. The zero-order valence-corrected chi connectivity index (χ0v) is 14.5. The molecule has 2 rings (SSSR count). The normalized spacial score (nSPS) is 15.5. The van der Waals surface area contributed by atoms with Crippen molar-refractivity contribution in [2.75, 3.05) is 6.54 Å². The van der Waals surface area contributed by atoms with Gasteiger partial charge in [-0.3, -0.25) is 0 Å². The number of rotatable bonds is 7. The highest BCUT2D eigenvalue weighted by atomic mass is 79.9. The first-order chi connectivity index (χ1) is 10.3. The van der Waals surface area contributed by atoms with Gasteiger partial charge in [0.05, 0.1) is 9.50 Å². The number of sulfonamides is 1. The molecule has 1 N–H and O–H groups in total. The van der Waals surface area contributed by atoms with Crippen LogP contribution in [0.15, 0.2) is 31.7 Å². The van der Waals surface area contributed by atoms with Crippen LogP contribution in [-0.2, 0) is 10.0 Å². The molecule has 0 saturated carbocycles. The molecule has 0 spiro atoms. The zero-order valence-electron chi connectivity index (χ0n) is 11.3. The average molecular weight is 409 g/mol. The lowest BCUT2D eigenvalue weighted by atomic mass is 10.1. The van der Waals surface area contributed by atoms with Crippen LogP contribution in [0.3, 0.4) is 0 Å². The van der Waals surface area contributed by atoms with Gasteiger partial charge in [-0.25, -0.2) is 17.5 Å². The van der Waals surface area contributed by atoms with Crippen LogP contribution in [0.25, 0.3) is 0 Å². The number of benzene rings is 1. The van der Waals surface area contributed by atoms with Crippen LogP contribution in [0, 0.1) is 18.2 Å². The van der Waals surface area contributed by atoms with Crippen molar-refractivity contribution in [1.29, 1.82) is 0 Å². The largest absolute Gasteiger partial charge is 0.242 e. The third kappa shape index (κ3) is 4.04. The molecule has 118 valence electrons. The van der Waals surface area contributed by atoms with E-state index in [0.717, 1.165) is 12.1 Å². The first-order valence-electron chi connectivity index (χ1n) is 6.31. The van der Waals surface area contributed by atoms with Crippen molar-refractivity contribution in [3.8, 4) is 12.3 Å². The molecule has 1 aliphatic rings. The second-order valence-corrected chi connectivity index (χ2v) is 7.73. The lowest BCUT2D eigenvalue weighted by molar-refractivity contribution is 0.505. The maximum absolute atomic E-state index is 13.3. The Morgan fingerprint density at radius 3 is 2.68 bits per heavy atom. The third-order valence-corrected chi connectivity index (χ3v) is 5.67. The van der Waals surface area contributed by atoms with Gasteiger partial charge in [0.2, 0.25) is 10.0 Å². The van der Waals surface area contributed by atoms with Gasteiger partial charge >= 0.3 is 0 Å². The van der Waals surface area contributed by atoms with E-state index in [4.69, 9.17) is 18.0 Å². The van der Waals surface area contributed by atoms with Crippen molar-refractivity contribution >= 4 is 37.6 Å². The molecule has 9 heteroatoms. The van der Waals surface area contributed by atoms with Crippen LogP contribution in [0.2, 0.25) is 5.02 Å². The predicted octanol–water partition coefficient (Wildman–Crippen LogP) is 3.49. The molecule has 0 fully saturated rings. The Hall–Kier alpha value is -1.01. The Morgan fingerprint density at radius 2 is 2.09 bits per heavy atom. The summed E-state index contributed by atoms with van der Waals surface area (Å²) in [5.74, 6) is 1.87. The highest BCUT2D eigenvalue weighted by molar-refractivity contribution is 9.10. The smallest absolute Gasteiger partial charge is 0.211 e. The molecule has 0 aromatic heterocycles. The van der Waals surface area contributed by atoms with Gasteiger partial charge in [0, 0.05) is 25.8 Å². The van der Waals surface area contributed by atoms with E-state index in [1.54, 1.807) is 0 Å². The van der Waals surface area contributed by atoms with Gasteiger partial charge in [0.1, 0.15) is 10.7 Å². The number of halogens is 3. The van der Waals surface area contributed by atoms with Crippen LogP contribution >= 0.6 is 27.5 Å². The molecule has 1 heterocycles. The van der Waals surface area contributed by atoms with Crippen molar-refractivity contribution in [3.63, 3.8) is 0 Å². The molecule has 0 bridgehead atoms. The molecular weight excluding hydrogens is 397 g/mol. The number of nitrogens with one attached hydrogen (secondary N) is 1. The van der Waals surface area contributed by atoms with Crippen LogP contribution in [0.4, 0.5) is 4.39 Å². The molecule has 0 saturated heterocycles. The SMILES string of the molecule is C#CCCC1(CCNS(=O)(=O)c2cc(Br)c(F)cc2Cl)N=N1. The van der Waals surface area contributed by atoms with Gasteiger partial charge in [-0.2, -0.15) is 10.2 Å². The third-order valence-electron chi connectivity index (χ3n) is 3.13. The van der Waals surface area contributed by atoms with E-state index in [2.05, 4.69) is 36.8 Å². The summed E-state index contributed by atoms with van der Waals surface area (Å²) in [6.07, 6.45) is 6.71. The first kappa shape index (κ1) is 17.3. The molecule has 5 nitrogen and oxygen atoms in total. The molecular formula is C13H12BrClFN3O2S. The molecule has 22 heavy (non-hydrogen) atoms. The number of hydrogen-bond donors (Lipinski definition) is 1. The van der Waals surface area contributed by atoms with Crippen molar-refractivity contribution < 1.29 is 12.8 Å². The van der Waals surface area contributed by atoms with Crippen LogP contribution < -0.4 is 4.72 Å². The van der Waals surface area contributed by atoms with Crippen molar-refractivity contribution in [2.24, 2.45) is 10.2 Å². The Bertz CT molecular complexity index is 755. The number of nitrogens with zero attached hydrogens (tertiary/aromatic N) is 2. The van der Waals surface area contributed by atoms with Crippen molar-refractivity contribution in [3.05, 3.63) is 27.4 Å². The fourth-order valence-corrected chi connectivity index (χ4v) is 3.91. The summed E-state index contributed by atoms with van der Waals surface area (Å²) in [4.78, 5) is -0.190. The highest BCUT2D eigenvalue weighted by Crippen LogP contribution is 2.36. The number of hydrogen-bond acceptors (Lipinski definition) is 4. The fourth-order valence-electron chi connectivity index (χ4n) is 1.84. The molecule has 1 aromatic carbocycles. The average Bonchev–Trinajstić information content (AvgIpc) is 3.20. The second-order valence-electron chi connectivity index (χ2n) is 4.73. The highest BCUT2D eigenvalue weighted by Gasteiger charge is 2.39. The minimum atomic E-state index is -3.85. The Labute approximate surface area is 141 Å². The monoisotopic (exact) mass is 407 g/mol. The summed E-state index contributed by atoms with van der Waals surface area (Å²) in [6.45, 7) is 0.130. The number of terminal acetylenes is 1. The van der Waals surface area contributed by atoms with Crippen LogP contribution in [0.5, 0.6) is 0 Å². The molecule has 0 unspecified atom stereocenters. The molecule has 1 aromatic rings. The van der Waals surface area contributed by atoms with Gasteiger partial charge < -0.3 is 0 Å².